The highest BCUT2D eigenvalue weighted by atomic mass is 19.2. The maximum atomic E-state index is 13.3. The van der Waals surface area contributed by atoms with Crippen LogP contribution in [-0.2, 0) is 6.54 Å². The Balaban J connectivity index is 1.79. The van der Waals surface area contributed by atoms with Gasteiger partial charge in [-0.25, -0.2) is 8.78 Å². The lowest BCUT2D eigenvalue weighted by atomic mass is 10.0. The van der Waals surface area contributed by atoms with Gasteiger partial charge < -0.3 is 0 Å². The van der Waals surface area contributed by atoms with Crippen molar-refractivity contribution in [3.8, 4) is 0 Å². The molecule has 1 atom stereocenters. The Morgan fingerprint density at radius 1 is 1.10 bits per heavy atom. The Labute approximate surface area is 124 Å². The first-order valence-electron chi connectivity index (χ1n) is 7.38. The first-order chi connectivity index (χ1) is 10.1. The first kappa shape index (κ1) is 14.2. The average Bonchev–Trinajstić information content (AvgIpc) is 2.91. The van der Waals surface area contributed by atoms with Gasteiger partial charge in [-0.3, -0.25) is 4.90 Å². The second-order valence-corrected chi connectivity index (χ2v) is 5.79. The molecular formula is C18H19F2N. The van der Waals surface area contributed by atoms with Crippen LogP contribution in [0, 0.1) is 18.6 Å². The van der Waals surface area contributed by atoms with Crippen LogP contribution in [0.4, 0.5) is 8.78 Å². The van der Waals surface area contributed by atoms with E-state index in [1.807, 2.05) is 0 Å². The fourth-order valence-corrected chi connectivity index (χ4v) is 3.14. The topological polar surface area (TPSA) is 3.24 Å². The van der Waals surface area contributed by atoms with Crippen LogP contribution in [0.2, 0.25) is 0 Å². The largest absolute Gasteiger partial charge is 0.292 e. The molecule has 1 heterocycles. The fourth-order valence-electron chi connectivity index (χ4n) is 3.14. The lowest BCUT2D eigenvalue weighted by Gasteiger charge is -2.25. The Hall–Kier alpha value is -1.74. The smallest absolute Gasteiger partial charge is 0.159 e. The molecule has 0 radical (unpaired) electrons. The Morgan fingerprint density at radius 2 is 1.95 bits per heavy atom. The summed E-state index contributed by atoms with van der Waals surface area (Å²) in [6.45, 7) is 3.76. The Morgan fingerprint density at radius 3 is 2.71 bits per heavy atom. The van der Waals surface area contributed by atoms with E-state index in [2.05, 4.69) is 36.1 Å². The molecule has 0 saturated carbocycles. The van der Waals surface area contributed by atoms with Gasteiger partial charge in [0.05, 0.1) is 0 Å². The fraction of sp³-hybridized carbons (Fsp3) is 0.333. The van der Waals surface area contributed by atoms with Crippen LogP contribution in [0.1, 0.15) is 35.6 Å². The van der Waals surface area contributed by atoms with Crippen molar-refractivity contribution >= 4 is 0 Å². The molecule has 21 heavy (non-hydrogen) atoms. The van der Waals surface area contributed by atoms with Crippen molar-refractivity contribution in [2.75, 3.05) is 6.54 Å². The van der Waals surface area contributed by atoms with Gasteiger partial charge in [-0.1, -0.05) is 35.9 Å². The number of rotatable bonds is 3. The molecule has 0 aromatic heterocycles. The molecular weight excluding hydrogens is 268 g/mol. The number of aryl methyl sites for hydroxylation is 1. The van der Waals surface area contributed by atoms with Crippen LogP contribution < -0.4 is 0 Å². The van der Waals surface area contributed by atoms with Crippen molar-refractivity contribution in [3.05, 3.63) is 70.8 Å². The molecule has 0 aliphatic carbocycles. The zero-order valence-corrected chi connectivity index (χ0v) is 12.2. The van der Waals surface area contributed by atoms with Gasteiger partial charge in [-0.05, 0) is 49.6 Å². The lowest BCUT2D eigenvalue weighted by Crippen LogP contribution is -2.22. The van der Waals surface area contributed by atoms with E-state index in [1.54, 1.807) is 6.07 Å². The monoisotopic (exact) mass is 287 g/mol. The number of hydrogen-bond acceptors (Lipinski definition) is 1. The van der Waals surface area contributed by atoms with Gasteiger partial charge in [0.1, 0.15) is 0 Å². The van der Waals surface area contributed by atoms with Crippen molar-refractivity contribution in [3.63, 3.8) is 0 Å². The van der Waals surface area contributed by atoms with E-state index in [4.69, 9.17) is 0 Å². The van der Waals surface area contributed by atoms with Crippen molar-refractivity contribution in [1.29, 1.82) is 0 Å². The van der Waals surface area contributed by atoms with Gasteiger partial charge in [-0.2, -0.15) is 0 Å². The van der Waals surface area contributed by atoms with E-state index in [1.165, 1.54) is 23.3 Å². The summed E-state index contributed by atoms with van der Waals surface area (Å²) in [5.74, 6) is -1.55. The van der Waals surface area contributed by atoms with E-state index in [-0.39, 0.29) is 0 Å². The van der Waals surface area contributed by atoms with Crippen molar-refractivity contribution in [1.82, 2.24) is 4.90 Å². The minimum absolute atomic E-state index is 0.373. The molecule has 0 amide bonds. The molecule has 0 bridgehead atoms. The molecule has 1 saturated heterocycles. The highest BCUT2D eigenvalue weighted by molar-refractivity contribution is 5.26. The van der Waals surface area contributed by atoms with Crippen LogP contribution in [0.25, 0.3) is 0 Å². The third-order valence-electron chi connectivity index (χ3n) is 4.16. The Kier molecular flexibility index (Phi) is 4.02. The van der Waals surface area contributed by atoms with Crippen molar-refractivity contribution in [2.24, 2.45) is 0 Å². The zero-order chi connectivity index (χ0) is 14.8. The van der Waals surface area contributed by atoms with Crippen LogP contribution in [0.3, 0.4) is 0 Å². The highest BCUT2D eigenvalue weighted by Gasteiger charge is 2.26. The van der Waals surface area contributed by atoms with Gasteiger partial charge >= 0.3 is 0 Å². The van der Waals surface area contributed by atoms with Crippen LogP contribution in [0.5, 0.6) is 0 Å². The molecule has 2 aromatic carbocycles. The van der Waals surface area contributed by atoms with Crippen LogP contribution in [0.15, 0.2) is 42.5 Å². The van der Waals surface area contributed by atoms with Gasteiger partial charge in [-0.15, -0.1) is 0 Å². The predicted molar refractivity (Wildman–Crippen MR) is 79.9 cm³/mol. The first-order valence-corrected chi connectivity index (χ1v) is 7.38. The van der Waals surface area contributed by atoms with E-state index >= 15 is 0 Å². The van der Waals surface area contributed by atoms with E-state index < -0.39 is 11.6 Å². The molecule has 1 fully saturated rings. The maximum absolute atomic E-state index is 13.3. The van der Waals surface area contributed by atoms with Gasteiger partial charge in [0.15, 0.2) is 11.6 Å². The van der Waals surface area contributed by atoms with Gasteiger partial charge in [0.2, 0.25) is 0 Å². The summed E-state index contributed by atoms with van der Waals surface area (Å²) in [6.07, 6.45) is 2.26. The van der Waals surface area contributed by atoms with Gasteiger partial charge in [0.25, 0.3) is 0 Å². The van der Waals surface area contributed by atoms with Crippen LogP contribution >= 0.6 is 0 Å². The predicted octanol–water partition coefficient (Wildman–Crippen LogP) is 4.61. The minimum Gasteiger partial charge on any atom is -0.292 e. The summed E-state index contributed by atoms with van der Waals surface area (Å²) in [6, 6.07) is 13.1. The summed E-state index contributed by atoms with van der Waals surface area (Å²) in [7, 11) is 0. The summed E-state index contributed by atoms with van der Waals surface area (Å²) in [5.41, 5.74) is 3.40. The molecule has 1 nitrogen and oxygen atoms in total. The lowest BCUT2D eigenvalue weighted by molar-refractivity contribution is 0.248. The molecule has 3 rings (SSSR count). The number of halogens is 2. The second-order valence-electron chi connectivity index (χ2n) is 5.79. The summed E-state index contributed by atoms with van der Waals surface area (Å²) >= 11 is 0. The number of nitrogens with zero attached hydrogens (tertiary/aromatic N) is 1. The summed E-state index contributed by atoms with van der Waals surface area (Å²) in [4.78, 5) is 2.35. The standard InChI is InChI=1S/C18H19F2N/c1-13-4-2-5-15(10-13)18-6-3-9-21(18)12-14-7-8-16(19)17(20)11-14/h2,4-5,7-8,10-11,18H,3,6,9,12H2,1H3. The number of benzene rings is 2. The summed E-state index contributed by atoms with van der Waals surface area (Å²) in [5, 5.41) is 0. The Bertz CT molecular complexity index is 639. The van der Waals surface area contributed by atoms with Gasteiger partial charge in [0, 0.05) is 12.6 Å². The highest BCUT2D eigenvalue weighted by Crippen LogP contribution is 2.33. The molecule has 1 aliphatic heterocycles. The summed E-state index contributed by atoms with van der Waals surface area (Å²) < 4.78 is 26.3. The minimum atomic E-state index is -0.782. The van der Waals surface area contributed by atoms with E-state index in [0.29, 0.717) is 12.6 Å². The van der Waals surface area contributed by atoms with E-state index in [0.717, 1.165) is 24.9 Å². The molecule has 3 heteroatoms. The zero-order valence-electron chi connectivity index (χ0n) is 12.2. The third kappa shape index (κ3) is 3.13. The number of hydrogen-bond donors (Lipinski definition) is 0. The average molecular weight is 287 g/mol. The molecule has 1 aliphatic rings. The molecule has 2 aromatic rings. The molecule has 0 N–H and O–H groups in total. The normalized spacial score (nSPS) is 19.1. The molecule has 0 spiro atoms. The second kappa shape index (κ2) is 5.94. The quantitative estimate of drug-likeness (QED) is 0.797. The SMILES string of the molecule is Cc1cccc(C2CCCN2Cc2ccc(F)c(F)c2)c1. The molecule has 1 unspecified atom stereocenters. The maximum Gasteiger partial charge on any atom is 0.159 e. The van der Waals surface area contributed by atoms with Crippen molar-refractivity contribution in [2.45, 2.75) is 32.4 Å². The van der Waals surface area contributed by atoms with Crippen LogP contribution in [-0.4, -0.2) is 11.4 Å². The third-order valence-corrected chi connectivity index (χ3v) is 4.16. The number of likely N-dealkylation sites (tertiary alicyclic amines) is 1. The molecule has 110 valence electrons. The van der Waals surface area contributed by atoms with Crippen molar-refractivity contribution < 1.29 is 8.78 Å². The van der Waals surface area contributed by atoms with E-state index in [9.17, 15) is 8.78 Å².